The fraction of sp³-hybridized carbons (Fsp3) is 0.600. The summed E-state index contributed by atoms with van der Waals surface area (Å²) in [6, 6.07) is 3.74. The van der Waals surface area contributed by atoms with E-state index in [1.165, 1.54) is 0 Å². The molecule has 1 aromatic rings. The predicted molar refractivity (Wildman–Crippen MR) is 87.5 cm³/mol. The maximum Gasteiger partial charge on any atom is 0.320 e. The Kier molecular flexibility index (Phi) is 5.92. The number of carboxylic acid groups (broad SMARTS) is 1. The van der Waals surface area contributed by atoms with E-state index in [9.17, 15) is 19.4 Å². The summed E-state index contributed by atoms with van der Waals surface area (Å²) in [6.45, 7) is 1.47. The van der Waals surface area contributed by atoms with Crippen LogP contribution in [-0.2, 0) is 15.9 Å². The number of carboxylic acids is 1. The average Bonchev–Trinajstić information content (AvgIpc) is 2.51. The van der Waals surface area contributed by atoms with E-state index in [4.69, 9.17) is 5.73 Å². The molecule has 0 radical (unpaired) electrons. The molecule has 1 aliphatic heterocycles. The van der Waals surface area contributed by atoms with Crippen molar-refractivity contribution >= 4 is 13.3 Å². The number of unbranched alkanes of at least 4 members (excludes halogenated alkanes) is 1. The van der Waals surface area contributed by atoms with Gasteiger partial charge in [-0.2, -0.15) is 0 Å². The molecule has 0 spiro atoms. The van der Waals surface area contributed by atoms with Crippen LogP contribution in [0.2, 0.25) is 0 Å². The van der Waals surface area contributed by atoms with Gasteiger partial charge in [0, 0.05) is 38.2 Å². The van der Waals surface area contributed by atoms with Crippen LogP contribution in [0.4, 0.5) is 0 Å². The topological polar surface area (TPSA) is 117 Å². The molecule has 4 N–H and O–H groups in total. The highest BCUT2D eigenvalue weighted by molar-refractivity contribution is 7.61. The van der Waals surface area contributed by atoms with Gasteiger partial charge < -0.3 is 15.7 Å². The Morgan fingerprint density at radius 3 is 2.87 bits per heavy atom. The van der Waals surface area contributed by atoms with Crippen molar-refractivity contribution in [2.45, 2.75) is 31.0 Å². The van der Waals surface area contributed by atoms with Gasteiger partial charge in [-0.15, -0.1) is 0 Å². The molecule has 0 aromatic carbocycles. The smallest absolute Gasteiger partial charge is 0.320 e. The molecule has 128 valence electrons. The Morgan fingerprint density at radius 1 is 1.48 bits per heavy atom. The van der Waals surface area contributed by atoms with Gasteiger partial charge >= 0.3 is 5.97 Å². The molecule has 2 heterocycles. The van der Waals surface area contributed by atoms with Crippen molar-refractivity contribution in [1.29, 1.82) is 0 Å². The molecular formula is C15H24N3O4P. The summed E-state index contributed by atoms with van der Waals surface area (Å²) in [5.74, 6) is -1.18. The number of aromatic nitrogens is 1. The molecule has 0 bridgehead atoms. The lowest BCUT2D eigenvalue weighted by molar-refractivity contribution is -0.141. The fourth-order valence-corrected chi connectivity index (χ4v) is 5.28. The highest BCUT2D eigenvalue weighted by Gasteiger charge is 2.56. The predicted octanol–water partition coefficient (Wildman–Crippen LogP) is 1.12. The van der Waals surface area contributed by atoms with Gasteiger partial charge in [-0.3, -0.25) is 19.2 Å². The summed E-state index contributed by atoms with van der Waals surface area (Å²) in [4.78, 5) is 28.2. The van der Waals surface area contributed by atoms with Crippen LogP contribution < -0.4 is 5.73 Å². The van der Waals surface area contributed by atoms with E-state index in [1.54, 1.807) is 12.4 Å². The molecule has 2 unspecified atom stereocenters. The zero-order valence-corrected chi connectivity index (χ0v) is 14.0. The van der Waals surface area contributed by atoms with E-state index in [1.807, 2.05) is 17.0 Å². The van der Waals surface area contributed by atoms with Gasteiger partial charge in [-0.25, -0.2) is 0 Å². The summed E-state index contributed by atoms with van der Waals surface area (Å²) >= 11 is 0. The summed E-state index contributed by atoms with van der Waals surface area (Å²) < 4.78 is 12.6. The third-order valence-corrected chi connectivity index (χ3v) is 7.15. The van der Waals surface area contributed by atoms with Gasteiger partial charge in [0.2, 0.25) is 7.37 Å². The minimum absolute atomic E-state index is 0.00217. The maximum atomic E-state index is 12.6. The van der Waals surface area contributed by atoms with Gasteiger partial charge in [-0.05, 0) is 31.0 Å². The number of pyridine rings is 1. The van der Waals surface area contributed by atoms with E-state index in [2.05, 4.69) is 4.98 Å². The van der Waals surface area contributed by atoms with Gasteiger partial charge in [0.1, 0.15) is 0 Å². The number of rotatable bonds is 7. The molecule has 2 rings (SSSR count). The van der Waals surface area contributed by atoms with Crippen LogP contribution in [0.5, 0.6) is 0 Å². The first-order valence-electron chi connectivity index (χ1n) is 7.78. The third-order valence-electron chi connectivity index (χ3n) is 4.44. The lowest BCUT2D eigenvalue weighted by atomic mass is 9.99. The van der Waals surface area contributed by atoms with Crippen molar-refractivity contribution in [3.8, 4) is 0 Å². The second kappa shape index (κ2) is 7.53. The Balaban J connectivity index is 2.18. The number of nitrogens with two attached hydrogens (primary N) is 1. The molecule has 0 saturated carbocycles. The Bertz CT molecular complexity index is 583. The minimum Gasteiger partial charge on any atom is -0.480 e. The molecule has 0 aliphatic carbocycles. The lowest BCUT2D eigenvalue weighted by Crippen LogP contribution is -2.53. The first-order valence-corrected chi connectivity index (χ1v) is 9.62. The third kappa shape index (κ3) is 3.98. The van der Waals surface area contributed by atoms with Crippen LogP contribution in [-0.4, -0.2) is 56.8 Å². The summed E-state index contributed by atoms with van der Waals surface area (Å²) in [5.41, 5.74) is 6.43. The highest BCUT2D eigenvalue weighted by Crippen LogP contribution is 2.59. The Labute approximate surface area is 136 Å². The van der Waals surface area contributed by atoms with Crippen molar-refractivity contribution in [2.24, 2.45) is 5.73 Å². The minimum atomic E-state index is -3.76. The van der Waals surface area contributed by atoms with Gasteiger partial charge in [0.15, 0.2) is 5.16 Å². The summed E-state index contributed by atoms with van der Waals surface area (Å²) in [6.07, 6.45) is 4.77. The quantitative estimate of drug-likeness (QED) is 0.502. The van der Waals surface area contributed by atoms with Crippen molar-refractivity contribution in [3.05, 3.63) is 30.1 Å². The standard InChI is InChI=1S/C15H24N3O4P/c16-6-2-1-5-15(14(19)20)12-18(8-9-23(15,21)22)11-13-4-3-7-17-10-13/h3-4,7,10H,1-2,5-6,8-9,11-12,16H2,(H,19,20)(H,21,22). The Morgan fingerprint density at radius 2 is 2.26 bits per heavy atom. The molecule has 0 amide bonds. The summed E-state index contributed by atoms with van der Waals surface area (Å²) in [7, 11) is -3.76. The van der Waals surface area contributed by atoms with Crippen molar-refractivity contribution in [1.82, 2.24) is 9.88 Å². The first-order chi connectivity index (χ1) is 10.9. The highest BCUT2D eigenvalue weighted by atomic mass is 31.2. The largest absolute Gasteiger partial charge is 0.480 e. The monoisotopic (exact) mass is 341 g/mol. The van der Waals surface area contributed by atoms with E-state index < -0.39 is 18.5 Å². The van der Waals surface area contributed by atoms with E-state index in [0.29, 0.717) is 32.5 Å². The van der Waals surface area contributed by atoms with Crippen LogP contribution in [0, 0.1) is 0 Å². The number of aliphatic carboxylic acids is 1. The lowest BCUT2D eigenvalue weighted by Gasteiger charge is -2.43. The zero-order valence-electron chi connectivity index (χ0n) is 13.1. The van der Waals surface area contributed by atoms with Gasteiger partial charge in [0.25, 0.3) is 0 Å². The molecule has 23 heavy (non-hydrogen) atoms. The van der Waals surface area contributed by atoms with E-state index in [-0.39, 0.29) is 19.1 Å². The fourth-order valence-electron chi connectivity index (χ4n) is 3.07. The second-order valence-electron chi connectivity index (χ2n) is 6.08. The first kappa shape index (κ1) is 18.1. The number of carbonyl (C=O) groups is 1. The van der Waals surface area contributed by atoms with E-state index in [0.717, 1.165) is 5.56 Å². The normalized spacial score (nSPS) is 28.6. The molecule has 7 nitrogen and oxygen atoms in total. The van der Waals surface area contributed by atoms with Crippen LogP contribution in [0.15, 0.2) is 24.5 Å². The zero-order chi connectivity index (χ0) is 16.9. The van der Waals surface area contributed by atoms with Crippen LogP contribution in [0.25, 0.3) is 0 Å². The number of hydrogen-bond acceptors (Lipinski definition) is 5. The number of hydrogen-bond donors (Lipinski definition) is 3. The second-order valence-corrected chi connectivity index (χ2v) is 8.79. The molecular weight excluding hydrogens is 317 g/mol. The maximum absolute atomic E-state index is 12.6. The van der Waals surface area contributed by atoms with Gasteiger partial charge in [-0.1, -0.05) is 12.5 Å². The van der Waals surface area contributed by atoms with E-state index >= 15 is 0 Å². The SMILES string of the molecule is NCCCCC1(C(=O)O)CN(Cc2cccnc2)CCP1(=O)O. The van der Waals surface area contributed by atoms with Gasteiger partial charge in [0.05, 0.1) is 0 Å². The molecule has 1 saturated heterocycles. The Hall–Kier alpha value is -1.27. The molecule has 2 atom stereocenters. The van der Waals surface area contributed by atoms with Crippen molar-refractivity contribution in [3.63, 3.8) is 0 Å². The van der Waals surface area contributed by atoms with Crippen LogP contribution in [0.3, 0.4) is 0 Å². The molecule has 8 heteroatoms. The molecule has 1 fully saturated rings. The number of nitrogens with zero attached hydrogens (tertiary/aromatic N) is 2. The van der Waals surface area contributed by atoms with Crippen LogP contribution >= 0.6 is 7.37 Å². The summed E-state index contributed by atoms with van der Waals surface area (Å²) in [5, 5.41) is 8.11. The molecule has 1 aromatic heterocycles. The van der Waals surface area contributed by atoms with Crippen molar-refractivity contribution in [2.75, 3.05) is 25.8 Å². The van der Waals surface area contributed by atoms with Crippen LogP contribution in [0.1, 0.15) is 24.8 Å². The van der Waals surface area contributed by atoms with Crippen molar-refractivity contribution < 1.29 is 19.4 Å². The molecule has 1 aliphatic rings. The average molecular weight is 341 g/mol.